The lowest BCUT2D eigenvalue weighted by molar-refractivity contribution is -0.347. The van der Waals surface area contributed by atoms with Crippen molar-refractivity contribution < 1.29 is 41.7 Å². The van der Waals surface area contributed by atoms with Crippen LogP contribution in [0.15, 0.2) is 35.5 Å². The Labute approximate surface area is 208 Å². The molecule has 0 radical (unpaired) electrons. The highest BCUT2D eigenvalue weighted by Crippen LogP contribution is 2.69. The second kappa shape index (κ2) is 9.45. The summed E-state index contributed by atoms with van der Waals surface area (Å²) < 4.78 is 78.3. The van der Waals surface area contributed by atoms with E-state index >= 15 is 0 Å². The number of hydrogen-bond acceptors (Lipinski definition) is 3. The number of aliphatic hydroxyl groups excluding tert-OH is 2. The normalized spacial score (nSPS) is 37.6. The van der Waals surface area contributed by atoms with E-state index in [9.17, 15) is 41.7 Å². The smallest absolute Gasteiger partial charge is 0.393 e. The van der Waals surface area contributed by atoms with Gasteiger partial charge < -0.3 is 15.3 Å². The Hall–Kier alpha value is -1.32. The van der Waals surface area contributed by atoms with E-state index in [1.807, 2.05) is 6.08 Å². The first-order chi connectivity index (χ1) is 16.6. The van der Waals surface area contributed by atoms with E-state index in [2.05, 4.69) is 13.0 Å². The monoisotopic (exact) mass is 522 g/mol. The number of rotatable bonds is 5. The van der Waals surface area contributed by atoms with Gasteiger partial charge in [-0.3, -0.25) is 0 Å². The van der Waals surface area contributed by atoms with Gasteiger partial charge in [0.2, 0.25) is 0 Å². The second-order valence-corrected chi connectivity index (χ2v) is 11.8. The Bertz CT molecular complexity index is 887. The van der Waals surface area contributed by atoms with Crippen molar-refractivity contribution in [1.29, 1.82) is 0 Å². The summed E-state index contributed by atoms with van der Waals surface area (Å²) in [6.07, 6.45) is -0.0501. The summed E-state index contributed by atoms with van der Waals surface area (Å²) >= 11 is 0. The van der Waals surface area contributed by atoms with E-state index in [0.29, 0.717) is 25.2 Å². The minimum Gasteiger partial charge on any atom is -0.393 e. The number of alkyl halides is 6. The number of allylic oxidation sites excluding steroid dienone is 4. The summed E-state index contributed by atoms with van der Waals surface area (Å²) in [6, 6.07) is 0. The van der Waals surface area contributed by atoms with E-state index in [1.165, 1.54) is 5.57 Å². The van der Waals surface area contributed by atoms with Crippen LogP contribution in [0.5, 0.6) is 0 Å². The van der Waals surface area contributed by atoms with E-state index < -0.39 is 30.2 Å². The number of fused-ring (bicyclic) bond motifs is 1. The van der Waals surface area contributed by atoms with Crippen molar-refractivity contribution in [1.82, 2.24) is 0 Å². The number of halogens is 6. The summed E-state index contributed by atoms with van der Waals surface area (Å²) in [5.74, 6) is 0.495. The third-order valence-electron chi connectivity index (χ3n) is 9.42. The lowest BCUT2D eigenvalue weighted by Crippen LogP contribution is -2.55. The molecule has 0 bridgehead atoms. The lowest BCUT2D eigenvalue weighted by atomic mass is 9.59. The molecule has 4 aliphatic carbocycles. The predicted octanol–water partition coefficient (Wildman–Crippen LogP) is 6.54. The predicted molar refractivity (Wildman–Crippen MR) is 123 cm³/mol. The zero-order valence-corrected chi connectivity index (χ0v) is 20.5. The van der Waals surface area contributed by atoms with Gasteiger partial charge in [0, 0.05) is 0 Å². The highest BCUT2D eigenvalue weighted by Gasteiger charge is 2.69. The molecule has 0 amide bonds. The maximum atomic E-state index is 13.1. The molecule has 0 spiro atoms. The maximum Gasteiger partial charge on any atom is 0.429 e. The molecule has 4 rings (SSSR count). The van der Waals surface area contributed by atoms with Crippen LogP contribution < -0.4 is 0 Å². The lowest BCUT2D eigenvalue weighted by Gasteiger charge is -2.45. The molecule has 3 nitrogen and oxygen atoms in total. The van der Waals surface area contributed by atoms with Crippen LogP contribution in [0.1, 0.15) is 77.6 Å². The van der Waals surface area contributed by atoms with Crippen molar-refractivity contribution in [2.24, 2.45) is 22.7 Å². The molecule has 9 heteroatoms. The van der Waals surface area contributed by atoms with Gasteiger partial charge >= 0.3 is 12.4 Å². The Morgan fingerprint density at radius 3 is 2.08 bits per heavy atom. The molecule has 3 unspecified atom stereocenters. The first-order valence-electron chi connectivity index (χ1n) is 12.9. The zero-order chi connectivity index (χ0) is 26.6. The third kappa shape index (κ3) is 5.04. The van der Waals surface area contributed by atoms with Crippen LogP contribution in [-0.4, -0.2) is 45.5 Å². The molecule has 0 heterocycles. The van der Waals surface area contributed by atoms with Gasteiger partial charge in [0.15, 0.2) is 0 Å². The SMILES string of the molecule is C[C@]12CCC/C(=C\C=C3\CC(O)C[C@H](O)C3)C1CCC2C1(C/C=C\C(O)(C(F)(F)F)C(F)(F)F)CC1. The molecule has 0 aromatic heterocycles. The molecule has 0 aliphatic heterocycles. The molecule has 0 aromatic carbocycles. The molecular formula is C27H36F6O3. The van der Waals surface area contributed by atoms with E-state index in [0.717, 1.165) is 56.6 Å². The second-order valence-electron chi connectivity index (χ2n) is 11.8. The van der Waals surface area contributed by atoms with Crippen LogP contribution in [0.4, 0.5) is 26.3 Å². The topological polar surface area (TPSA) is 60.7 Å². The molecule has 4 fully saturated rings. The van der Waals surface area contributed by atoms with Gasteiger partial charge in [-0.2, -0.15) is 26.3 Å². The van der Waals surface area contributed by atoms with E-state index in [-0.39, 0.29) is 29.2 Å². The van der Waals surface area contributed by atoms with Crippen molar-refractivity contribution in [3.8, 4) is 0 Å². The van der Waals surface area contributed by atoms with Crippen molar-refractivity contribution >= 4 is 0 Å². The number of hydrogen-bond donors (Lipinski definition) is 3. The highest BCUT2D eigenvalue weighted by atomic mass is 19.4. The molecule has 3 N–H and O–H groups in total. The van der Waals surface area contributed by atoms with Crippen molar-refractivity contribution in [3.63, 3.8) is 0 Å². The van der Waals surface area contributed by atoms with Crippen LogP contribution in [0.2, 0.25) is 0 Å². The Balaban J connectivity index is 1.50. The first-order valence-corrected chi connectivity index (χ1v) is 12.9. The quantitative estimate of drug-likeness (QED) is 0.284. The molecule has 5 atom stereocenters. The van der Waals surface area contributed by atoms with Crippen LogP contribution in [-0.2, 0) is 0 Å². The van der Waals surface area contributed by atoms with Crippen molar-refractivity contribution in [2.45, 2.75) is 108 Å². The maximum absolute atomic E-state index is 13.1. The van der Waals surface area contributed by atoms with E-state index in [1.54, 1.807) is 0 Å². The van der Waals surface area contributed by atoms with E-state index in [4.69, 9.17) is 0 Å². The van der Waals surface area contributed by atoms with Crippen LogP contribution >= 0.6 is 0 Å². The van der Waals surface area contributed by atoms with Gasteiger partial charge in [0.05, 0.1) is 12.2 Å². The summed E-state index contributed by atoms with van der Waals surface area (Å²) in [6.45, 7) is 2.22. The van der Waals surface area contributed by atoms with Crippen LogP contribution in [0, 0.1) is 22.7 Å². The van der Waals surface area contributed by atoms with Gasteiger partial charge in [-0.25, -0.2) is 0 Å². The van der Waals surface area contributed by atoms with Crippen molar-refractivity contribution in [2.75, 3.05) is 0 Å². The van der Waals surface area contributed by atoms with Crippen LogP contribution in [0.3, 0.4) is 0 Å². The van der Waals surface area contributed by atoms with Gasteiger partial charge in [0.1, 0.15) is 0 Å². The fourth-order valence-corrected chi connectivity index (χ4v) is 7.45. The van der Waals surface area contributed by atoms with Gasteiger partial charge in [-0.05, 0) is 99.4 Å². The zero-order valence-electron chi connectivity index (χ0n) is 20.5. The largest absolute Gasteiger partial charge is 0.429 e. The third-order valence-corrected chi connectivity index (χ3v) is 9.42. The van der Waals surface area contributed by atoms with Crippen molar-refractivity contribution in [3.05, 3.63) is 35.5 Å². The summed E-state index contributed by atoms with van der Waals surface area (Å²) in [5.41, 5.74) is -2.92. The minimum atomic E-state index is -5.84. The fourth-order valence-electron chi connectivity index (χ4n) is 7.45. The molecule has 36 heavy (non-hydrogen) atoms. The fraction of sp³-hybridized carbons (Fsp3) is 0.778. The summed E-state index contributed by atoms with van der Waals surface area (Å²) in [5, 5.41) is 29.4. The van der Waals surface area contributed by atoms with Crippen LogP contribution in [0.25, 0.3) is 0 Å². The standard InChI is InChI=1S/C27H36F6O3/c1-23-9-2-4-18(6-5-17-14-19(34)16-20(35)15-17)21(23)7-8-22(23)24(12-13-24)10-3-11-25(36,26(28,29)30)27(31,32)33/h3,5-6,11,19-22,34-36H,2,4,7-10,12-16H2,1H3/b11-3-,17-5-,18-6+/t19?,20-,21?,22?,23+/m1/s1. The van der Waals surface area contributed by atoms with Gasteiger partial charge in [0.25, 0.3) is 5.60 Å². The minimum absolute atomic E-state index is 0.0805. The molecule has 4 saturated carbocycles. The average molecular weight is 523 g/mol. The first kappa shape index (κ1) is 27.7. The average Bonchev–Trinajstić information content (AvgIpc) is 3.42. The highest BCUT2D eigenvalue weighted by molar-refractivity contribution is 5.27. The molecule has 4 aliphatic rings. The summed E-state index contributed by atoms with van der Waals surface area (Å²) in [7, 11) is 0. The Morgan fingerprint density at radius 1 is 0.917 bits per heavy atom. The molecule has 0 saturated heterocycles. The van der Waals surface area contributed by atoms with Gasteiger partial charge in [-0.15, -0.1) is 0 Å². The molecule has 204 valence electrons. The molecular weight excluding hydrogens is 486 g/mol. The Kier molecular flexibility index (Phi) is 7.28. The molecule has 0 aromatic rings. The number of aliphatic hydroxyl groups is 3. The Morgan fingerprint density at radius 2 is 1.53 bits per heavy atom. The summed E-state index contributed by atoms with van der Waals surface area (Å²) in [4.78, 5) is 0. The van der Waals surface area contributed by atoms with Gasteiger partial charge in [-0.1, -0.05) is 36.3 Å².